The second-order valence-corrected chi connectivity index (χ2v) is 16.7. The van der Waals surface area contributed by atoms with E-state index in [0.717, 1.165) is 76.9 Å². The highest BCUT2D eigenvalue weighted by Gasteiger charge is 2.47. The molecule has 0 bridgehead atoms. The summed E-state index contributed by atoms with van der Waals surface area (Å²) < 4.78 is 0. The van der Waals surface area contributed by atoms with Gasteiger partial charge in [0.2, 0.25) is 17.7 Å². The fourth-order valence-corrected chi connectivity index (χ4v) is 8.16. The number of nitrogens with zero attached hydrogens (tertiary/aromatic N) is 2. The van der Waals surface area contributed by atoms with Crippen LogP contribution in [0.3, 0.4) is 0 Å². The molecule has 3 aliphatic rings. The molecule has 2 aliphatic carbocycles. The summed E-state index contributed by atoms with van der Waals surface area (Å²) in [7, 11) is 1.75. The molecule has 4 atom stereocenters. The molecule has 3 N–H and O–H groups in total. The van der Waals surface area contributed by atoms with Crippen molar-refractivity contribution in [2.45, 2.75) is 168 Å². The van der Waals surface area contributed by atoms with E-state index < -0.39 is 41.0 Å². The second-order valence-electron chi connectivity index (χ2n) is 16.7. The molecule has 11 nitrogen and oxygen atoms in total. The Bertz CT molecular complexity index is 1170. The van der Waals surface area contributed by atoms with Crippen molar-refractivity contribution in [1.82, 2.24) is 25.8 Å². The Hall–Kier alpha value is -2.98. The molecular weight excluding hydrogens is 622 g/mol. The number of hydrogen-bond acceptors (Lipinski definition) is 6. The minimum Gasteiger partial charge on any atom is -0.345 e. The average molecular weight is 688 g/mol. The van der Waals surface area contributed by atoms with Gasteiger partial charge in [0.15, 0.2) is 5.78 Å². The van der Waals surface area contributed by atoms with Gasteiger partial charge in [-0.25, -0.2) is 4.79 Å². The van der Waals surface area contributed by atoms with Crippen LogP contribution in [0.4, 0.5) is 4.79 Å². The molecule has 1 heterocycles. The average Bonchev–Trinajstić information content (AvgIpc) is 3.71. The molecule has 2 saturated carbocycles. The number of aldehydes is 1. The van der Waals surface area contributed by atoms with E-state index >= 15 is 0 Å². The van der Waals surface area contributed by atoms with Crippen LogP contribution in [-0.4, -0.2) is 89.9 Å². The molecule has 3 rings (SSSR count). The molecule has 5 amide bonds. The van der Waals surface area contributed by atoms with Crippen molar-refractivity contribution in [2.75, 3.05) is 20.1 Å². The smallest absolute Gasteiger partial charge is 0.315 e. The van der Waals surface area contributed by atoms with Gasteiger partial charge in [0, 0.05) is 33.0 Å². The topological polar surface area (TPSA) is 145 Å². The molecule has 0 aromatic carbocycles. The number of urea groups is 1. The number of carbonyl (C=O) groups excluding carboxylic acids is 6. The lowest BCUT2D eigenvalue weighted by molar-refractivity contribution is -0.143. The summed E-state index contributed by atoms with van der Waals surface area (Å²) >= 11 is 0. The minimum absolute atomic E-state index is 0.0389. The van der Waals surface area contributed by atoms with Crippen molar-refractivity contribution in [2.24, 2.45) is 16.2 Å². The lowest BCUT2D eigenvalue weighted by atomic mass is 9.70. The van der Waals surface area contributed by atoms with E-state index in [-0.39, 0.29) is 35.5 Å². The summed E-state index contributed by atoms with van der Waals surface area (Å²) in [5.41, 5.74) is -1.17. The maximum Gasteiger partial charge on any atom is 0.315 e. The number of Topliss-reactive ketones (excluding diaryl/α,β-unsaturated/α-hetero) is 1. The molecule has 0 aromatic heterocycles. The van der Waals surface area contributed by atoms with E-state index in [1.54, 1.807) is 16.8 Å². The molecule has 49 heavy (non-hydrogen) atoms. The standard InChI is InChI=1S/C38H65N5O6/c1-8-9-16-28(27(2)45)39-33(47)29-17-15-23-43(29)34(48)32(37(6)18-11-10-12-19-37)41-35(49)40-30(36(3,4)5)26-42(7)31(46)25-38(22-24-44)20-13-14-21-38/h24,28-30,32H,8-23,25-26H2,1-7H3,(H,39,47)(H2,40,41,49). The Kier molecular flexibility index (Phi) is 14.7. The number of amides is 5. The fraction of sp³-hybridized carbons (Fsp3) is 0.842. The normalized spacial score (nSPS) is 22.0. The number of likely N-dealkylation sites (tertiary alicyclic amines) is 1. The van der Waals surface area contributed by atoms with Crippen LogP contribution in [0.25, 0.3) is 0 Å². The van der Waals surface area contributed by atoms with Gasteiger partial charge >= 0.3 is 6.03 Å². The van der Waals surface area contributed by atoms with Crippen LogP contribution in [0.1, 0.15) is 144 Å². The molecule has 278 valence electrons. The predicted molar refractivity (Wildman–Crippen MR) is 191 cm³/mol. The molecule has 3 fully saturated rings. The lowest BCUT2D eigenvalue weighted by Gasteiger charge is -2.43. The van der Waals surface area contributed by atoms with Crippen LogP contribution >= 0.6 is 0 Å². The number of carbonyl (C=O) groups is 6. The zero-order valence-corrected chi connectivity index (χ0v) is 31.5. The van der Waals surface area contributed by atoms with Crippen LogP contribution in [0.2, 0.25) is 0 Å². The Morgan fingerprint density at radius 3 is 2.14 bits per heavy atom. The first kappa shape index (κ1) is 40.4. The van der Waals surface area contributed by atoms with Crippen LogP contribution in [0.5, 0.6) is 0 Å². The number of unbranched alkanes of at least 4 members (excludes halogenated alkanes) is 1. The van der Waals surface area contributed by atoms with Crippen LogP contribution in [-0.2, 0) is 24.0 Å². The minimum atomic E-state index is -0.838. The van der Waals surface area contributed by atoms with E-state index in [4.69, 9.17) is 0 Å². The first-order valence-corrected chi connectivity index (χ1v) is 18.9. The van der Waals surface area contributed by atoms with Crippen molar-refractivity contribution in [3.05, 3.63) is 0 Å². The highest BCUT2D eigenvalue weighted by atomic mass is 16.2. The maximum absolute atomic E-state index is 14.4. The van der Waals surface area contributed by atoms with Gasteiger partial charge < -0.3 is 30.5 Å². The summed E-state index contributed by atoms with van der Waals surface area (Å²) in [6.45, 7) is 12.3. The van der Waals surface area contributed by atoms with E-state index in [2.05, 4.69) is 22.9 Å². The molecule has 0 aromatic rings. The van der Waals surface area contributed by atoms with E-state index in [9.17, 15) is 28.8 Å². The van der Waals surface area contributed by atoms with Crippen LogP contribution in [0.15, 0.2) is 0 Å². The van der Waals surface area contributed by atoms with Crippen LogP contribution in [0, 0.1) is 16.2 Å². The lowest BCUT2D eigenvalue weighted by Crippen LogP contribution is -2.62. The Labute approximate surface area is 294 Å². The van der Waals surface area contributed by atoms with Gasteiger partial charge in [0.25, 0.3) is 0 Å². The van der Waals surface area contributed by atoms with E-state index in [0.29, 0.717) is 38.6 Å². The zero-order valence-electron chi connectivity index (χ0n) is 31.5. The summed E-state index contributed by atoms with van der Waals surface area (Å²) in [5, 5.41) is 9.09. The van der Waals surface area contributed by atoms with Crippen LogP contribution < -0.4 is 16.0 Å². The molecule has 11 heteroatoms. The number of rotatable bonds is 16. The van der Waals surface area contributed by atoms with Gasteiger partial charge in [-0.15, -0.1) is 0 Å². The first-order valence-electron chi connectivity index (χ1n) is 18.9. The molecule has 4 unspecified atom stereocenters. The first-order chi connectivity index (χ1) is 23.1. The monoisotopic (exact) mass is 687 g/mol. The highest BCUT2D eigenvalue weighted by molar-refractivity contribution is 5.95. The van der Waals surface area contributed by atoms with Crippen molar-refractivity contribution in [1.29, 1.82) is 0 Å². The summed E-state index contributed by atoms with van der Waals surface area (Å²) in [4.78, 5) is 82.2. The molecular formula is C38H65N5O6. The molecule has 0 spiro atoms. The van der Waals surface area contributed by atoms with E-state index in [1.165, 1.54) is 6.92 Å². The van der Waals surface area contributed by atoms with Crippen molar-refractivity contribution < 1.29 is 28.8 Å². The third-order valence-corrected chi connectivity index (χ3v) is 11.6. The van der Waals surface area contributed by atoms with Crippen molar-refractivity contribution in [3.63, 3.8) is 0 Å². The summed E-state index contributed by atoms with van der Waals surface area (Å²) in [5.74, 6) is -0.708. The Morgan fingerprint density at radius 1 is 0.939 bits per heavy atom. The molecule has 0 radical (unpaired) electrons. The Balaban J connectivity index is 1.77. The maximum atomic E-state index is 14.4. The van der Waals surface area contributed by atoms with Gasteiger partial charge in [0.05, 0.1) is 12.1 Å². The van der Waals surface area contributed by atoms with Gasteiger partial charge in [-0.3, -0.25) is 19.2 Å². The largest absolute Gasteiger partial charge is 0.345 e. The summed E-state index contributed by atoms with van der Waals surface area (Å²) in [6.07, 6.45) is 13.4. The zero-order chi connectivity index (χ0) is 36.4. The van der Waals surface area contributed by atoms with Gasteiger partial charge in [0.1, 0.15) is 18.4 Å². The number of likely N-dealkylation sites (N-methyl/N-ethyl adjacent to an activating group) is 1. The second kappa shape index (κ2) is 17.8. The highest BCUT2D eigenvalue weighted by Crippen LogP contribution is 2.44. The SMILES string of the molecule is CCCCC(NC(=O)C1CCCN1C(=O)C(NC(=O)NC(CN(C)C(=O)CC1(CC=O)CCCC1)C(C)(C)C)C1(C)CCCCC1)C(C)=O. The Morgan fingerprint density at radius 2 is 1.57 bits per heavy atom. The molecule has 1 aliphatic heterocycles. The van der Waals surface area contributed by atoms with Gasteiger partial charge in [-0.1, -0.05) is 79.6 Å². The number of hydrogen-bond donors (Lipinski definition) is 3. The quantitative estimate of drug-likeness (QED) is 0.188. The predicted octanol–water partition coefficient (Wildman–Crippen LogP) is 5.29. The van der Waals surface area contributed by atoms with Gasteiger partial charge in [-0.05, 0) is 68.1 Å². The third-order valence-electron chi connectivity index (χ3n) is 11.6. The number of ketones is 1. The fourth-order valence-electron chi connectivity index (χ4n) is 8.16. The third kappa shape index (κ3) is 11.0. The van der Waals surface area contributed by atoms with Gasteiger partial charge in [-0.2, -0.15) is 0 Å². The van der Waals surface area contributed by atoms with E-state index in [1.807, 2.05) is 27.7 Å². The number of nitrogens with one attached hydrogen (secondary N) is 3. The van der Waals surface area contributed by atoms with Crippen molar-refractivity contribution in [3.8, 4) is 0 Å². The van der Waals surface area contributed by atoms with Crippen molar-refractivity contribution >= 4 is 35.8 Å². The molecule has 1 saturated heterocycles. The summed E-state index contributed by atoms with van der Waals surface area (Å²) in [6, 6.07) is -3.00.